The predicted molar refractivity (Wildman–Crippen MR) is 89.1 cm³/mol. The van der Waals surface area contributed by atoms with E-state index in [1.165, 1.54) is 0 Å². The lowest BCUT2D eigenvalue weighted by Crippen LogP contribution is -1.98. The first-order valence-electron chi connectivity index (χ1n) is 6.97. The molecule has 0 spiro atoms. The monoisotopic (exact) mass is 308 g/mol. The molecule has 4 heteroatoms. The normalized spacial score (nSPS) is 14.0. The van der Waals surface area contributed by atoms with Crippen LogP contribution in [0.5, 0.6) is 5.75 Å². The van der Waals surface area contributed by atoms with Crippen LogP contribution in [0, 0.1) is 0 Å². The number of halogens is 1. The van der Waals surface area contributed by atoms with Gasteiger partial charge in [0.2, 0.25) is 0 Å². The predicted octanol–water partition coefficient (Wildman–Crippen LogP) is 4.62. The summed E-state index contributed by atoms with van der Waals surface area (Å²) in [5.74, 6) is 0.827. The minimum absolute atomic E-state index is 0.709. The zero-order valence-corrected chi connectivity index (χ0v) is 12.7. The second kappa shape index (κ2) is 5.04. The van der Waals surface area contributed by atoms with Gasteiger partial charge < -0.3 is 9.30 Å². The molecule has 0 saturated heterocycles. The third-order valence-corrected chi connectivity index (χ3v) is 4.03. The number of hydrogen-bond donors (Lipinski definition) is 0. The third-order valence-electron chi connectivity index (χ3n) is 3.78. The highest BCUT2D eigenvalue weighted by Gasteiger charge is 2.24. The maximum atomic E-state index is 5.94. The standard InChI is InChI=1S/C18H13ClN2O/c1-22-14-8-9-16-15(11-14)18(17-3-2-10-21(16)17)20-13-6-4-12(19)5-7-13/h2-11H,1H3. The second-order valence-corrected chi connectivity index (χ2v) is 5.52. The maximum absolute atomic E-state index is 5.94. The Morgan fingerprint density at radius 1 is 1.05 bits per heavy atom. The molecule has 0 saturated carbocycles. The van der Waals surface area contributed by atoms with Crippen molar-refractivity contribution in [1.29, 1.82) is 0 Å². The molecule has 108 valence electrons. The molecule has 2 heterocycles. The highest BCUT2D eigenvalue weighted by molar-refractivity contribution is 6.30. The smallest absolute Gasteiger partial charge is 0.119 e. The van der Waals surface area contributed by atoms with Gasteiger partial charge in [0.1, 0.15) is 5.75 Å². The first kappa shape index (κ1) is 13.2. The molecule has 22 heavy (non-hydrogen) atoms. The van der Waals surface area contributed by atoms with E-state index < -0.39 is 0 Å². The number of rotatable bonds is 2. The molecule has 0 fully saturated rings. The Morgan fingerprint density at radius 3 is 2.64 bits per heavy atom. The van der Waals surface area contributed by atoms with E-state index in [-0.39, 0.29) is 0 Å². The molecule has 2 aromatic carbocycles. The Morgan fingerprint density at radius 2 is 1.86 bits per heavy atom. The number of benzene rings is 2. The zero-order chi connectivity index (χ0) is 15.1. The van der Waals surface area contributed by atoms with Crippen molar-refractivity contribution in [2.75, 3.05) is 7.11 Å². The zero-order valence-electron chi connectivity index (χ0n) is 12.0. The van der Waals surface area contributed by atoms with Crippen LogP contribution in [0.15, 0.2) is 65.8 Å². The summed E-state index contributed by atoms with van der Waals surface area (Å²) in [5, 5.41) is 0.709. The van der Waals surface area contributed by atoms with Gasteiger partial charge in [0.25, 0.3) is 0 Å². The van der Waals surface area contributed by atoms with Gasteiger partial charge in [-0.1, -0.05) is 11.6 Å². The lowest BCUT2D eigenvalue weighted by molar-refractivity contribution is 0.414. The first-order valence-corrected chi connectivity index (χ1v) is 7.35. The lowest BCUT2D eigenvalue weighted by atomic mass is 10.1. The Labute approximate surface area is 133 Å². The summed E-state index contributed by atoms with van der Waals surface area (Å²) in [5.41, 5.74) is 5.10. The summed E-state index contributed by atoms with van der Waals surface area (Å²) in [6.45, 7) is 0. The molecule has 0 radical (unpaired) electrons. The molecule has 1 aromatic heterocycles. The van der Waals surface area contributed by atoms with Crippen LogP contribution in [0.2, 0.25) is 5.02 Å². The highest BCUT2D eigenvalue weighted by Crippen LogP contribution is 2.33. The topological polar surface area (TPSA) is 26.5 Å². The Balaban J connectivity index is 1.91. The van der Waals surface area contributed by atoms with E-state index in [2.05, 4.69) is 16.7 Å². The van der Waals surface area contributed by atoms with Crippen LogP contribution in [0.4, 0.5) is 5.69 Å². The molecule has 3 nitrogen and oxygen atoms in total. The van der Waals surface area contributed by atoms with Gasteiger partial charge in [-0.2, -0.15) is 0 Å². The first-order chi connectivity index (χ1) is 10.8. The summed E-state index contributed by atoms with van der Waals surface area (Å²) in [6.07, 6.45) is 2.05. The van der Waals surface area contributed by atoms with Crippen LogP contribution in [0.25, 0.3) is 5.69 Å². The van der Waals surface area contributed by atoms with Crippen molar-refractivity contribution >= 4 is 23.0 Å². The van der Waals surface area contributed by atoms with Gasteiger partial charge in [-0.15, -0.1) is 0 Å². The SMILES string of the molecule is COc1ccc2c(c1)C(=Nc1ccc(Cl)cc1)c1cccn1-2. The number of ether oxygens (including phenoxy) is 1. The average Bonchev–Trinajstić information content (AvgIpc) is 3.12. The fourth-order valence-corrected chi connectivity index (χ4v) is 2.85. The van der Waals surface area contributed by atoms with Crippen molar-refractivity contribution < 1.29 is 4.74 Å². The van der Waals surface area contributed by atoms with Crippen LogP contribution in [-0.4, -0.2) is 17.4 Å². The molecule has 0 unspecified atom stereocenters. The van der Waals surface area contributed by atoms with Crippen LogP contribution in [0.1, 0.15) is 11.3 Å². The Hall–Kier alpha value is -2.52. The van der Waals surface area contributed by atoms with Gasteiger partial charge in [0, 0.05) is 16.8 Å². The fourth-order valence-electron chi connectivity index (χ4n) is 2.73. The Kier molecular flexibility index (Phi) is 3.01. The van der Waals surface area contributed by atoms with Gasteiger partial charge in [-0.05, 0) is 54.6 Å². The highest BCUT2D eigenvalue weighted by atomic mass is 35.5. The molecule has 1 aliphatic heterocycles. The number of methoxy groups -OCH3 is 1. The van der Waals surface area contributed by atoms with Crippen LogP contribution in [0.3, 0.4) is 0 Å². The lowest BCUT2D eigenvalue weighted by Gasteiger charge is -2.05. The second-order valence-electron chi connectivity index (χ2n) is 5.08. The molecule has 0 bridgehead atoms. The van der Waals surface area contributed by atoms with Crippen LogP contribution < -0.4 is 4.74 Å². The van der Waals surface area contributed by atoms with Crippen molar-refractivity contribution in [2.24, 2.45) is 4.99 Å². The van der Waals surface area contributed by atoms with Gasteiger partial charge >= 0.3 is 0 Å². The summed E-state index contributed by atoms with van der Waals surface area (Å²) in [4.78, 5) is 4.81. The van der Waals surface area contributed by atoms with Gasteiger partial charge in [0.15, 0.2) is 0 Å². The van der Waals surface area contributed by atoms with E-state index in [1.54, 1.807) is 7.11 Å². The van der Waals surface area contributed by atoms with Crippen molar-refractivity contribution in [3.8, 4) is 11.4 Å². The summed E-state index contributed by atoms with van der Waals surface area (Å²) < 4.78 is 7.49. The number of nitrogens with zero attached hydrogens (tertiary/aromatic N) is 2. The molecule has 1 aliphatic rings. The van der Waals surface area contributed by atoms with Gasteiger partial charge in [0.05, 0.1) is 29.9 Å². The van der Waals surface area contributed by atoms with Gasteiger partial charge in [-0.3, -0.25) is 0 Å². The minimum Gasteiger partial charge on any atom is -0.497 e. The number of hydrogen-bond acceptors (Lipinski definition) is 2. The fraction of sp³-hybridized carbons (Fsp3) is 0.0556. The van der Waals surface area contributed by atoms with Crippen LogP contribution >= 0.6 is 11.6 Å². The molecule has 0 aliphatic carbocycles. The van der Waals surface area contributed by atoms with E-state index in [0.717, 1.165) is 34.1 Å². The molecule has 0 amide bonds. The summed E-state index contributed by atoms with van der Waals surface area (Å²) >= 11 is 5.94. The van der Waals surface area contributed by atoms with E-state index in [9.17, 15) is 0 Å². The largest absolute Gasteiger partial charge is 0.497 e. The van der Waals surface area contributed by atoms with Gasteiger partial charge in [-0.25, -0.2) is 4.99 Å². The van der Waals surface area contributed by atoms with E-state index in [1.807, 2.05) is 48.7 Å². The minimum atomic E-state index is 0.709. The van der Waals surface area contributed by atoms with E-state index in [4.69, 9.17) is 21.3 Å². The molecule has 3 aromatic rings. The molecule has 4 rings (SSSR count). The molecular formula is C18H13ClN2O. The van der Waals surface area contributed by atoms with Crippen molar-refractivity contribution in [2.45, 2.75) is 0 Å². The van der Waals surface area contributed by atoms with Crippen LogP contribution in [-0.2, 0) is 0 Å². The summed E-state index contributed by atoms with van der Waals surface area (Å²) in [7, 11) is 1.67. The van der Waals surface area contributed by atoms with Crippen molar-refractivity contribution in [1.82, 2.24) is 4.57 Å². The molecule has 0 atom stereocenters. The third kappa shape index (κ3) is 2.02. The van der Waals surface area contributed by atoms with Crippen molar-refractivity contribution in [3.63, 3.8) is 0 Å². The molecular weight excluding hydrogens is 296 g/mol. The number of fused-ring (bicyclic) bond motifs is 3. The quantitative estimate of drug-likeness (QED) is 0.530. The average molecular weight is 309 g/mol. The number of aliphatic imine (C=N–C) groups is 1. The van der Waals surface area contributed by atoms with E-state index in [0.29, 0.717) is 5.02 Å². The van der Waals surface area contributed by atoms with E-state index >= 15 is 0 Å². The molecule has 0 N–H and O–H groups in total. The Bertz CT molecular complexity index is 878. The summed E-state index contributed by atoms with van der Waals surface area (Å²) in [6, 6.07) is 17.7. The van der Waals surface area contributed by atoms with Crippen molar-refractivity contribution in [3.05, 3.63) is 77.1 Å². The maximum Gasteiger partial charge on any atom is 0.119 e. The number of aromatic nitrogens is 1.